The van der Waals surface area contributed by atoms with Crippen molar-refractivity contribution in [3.05, 3.63) is 65.7 Å². The molecule has 2 saturated heterocycles. The first kappa shape index (κ1) is 28.5. The largest absolute Gasteiger partial charge is 0.489 e. The van der Waals surface area contributed by atoms with E-state index in [-0.39, 0.29) is 12.0 Å². The Labute approximate surface area is 225 Å². The summed E-state index contributed by atoms with van der Waals surface area (Å²) in [5, 5.41) is 14.2. The highest BCUT2D eigenvalue weighted by atomic mass is 19.1. The Morgan fingerprint density at radius 3 is 2.55 bits per heavy atom. The van der Waals surface area contributed by atoms with E-state index in [2.05, 4.69) is 5.32 Å². The third kappa shape index (κ3) is 9.34. The minimum absolute atomic E-state index is 0.112. The molecule has 38 heavy (non-hydrogen) atoms. The third-order valence-corrected chi connectivity index (χ3v) is 7.19. The number of aliphatic hydroxyl groups is 1. The number of unbranched alkanes of at least 4 members (excludes halogenated alkanes) is 1. The van der Waals surface area contributed by atoms with Crippen LogP contribution in [-0.4, -0.2) is 73.7 Å². The van der Waals surface area contributed by atoms with Gasteiger partial charge >= 0.3 is 0 Å². The highest BCUT2D eigenvalue weighted by Gasteiger charge is 2.29. The van der Waals surface area contributed by atoms with Gasteiger partial charge in [-0.1, -0.05) is 42.5 Å². The maximum absolute atomic E-state index is 13.8. The van der Waals surface area contributed by atoms with Crippen molar-refractivity contribution in [3.63, 3.8) is 0 Å². The fourth-order valence-electron chi connectivity index (χ4n) is 4.95. The number of likely N-dealkylation sites (tertiary alicyclic amines) is 1. The molecule has 2 aromatic carbocycles. The van der Waals surface area contributed by atoms with Gasteiger partial charge in [0.1, 0.15) is 24.6 Å². The van der Waals surface area contributed by atoms with Crippen LogP contribution in [0.25, 0.3) is 0 Å². The molecule has 2 aromatic rings. The molecule has 2 aliphatic rings. The topological polar surface area (TPSA) is 80.3 Å². The van der Waals surface area contributed by atoms with Crippen molar-refractivity contribution in [1.29, 1.82) is 0 Å². The number of carbonyl (C=O) groups is 1. The van der Waals surface area contributed by atoms with E-state index in [0.29, 0.717) is 63.4 Å². The second-order valence-electron chi connectivity index (χ2n) is 10.2. The maximum atomic E-state index is 13.8. The van der Waals surface area contributed by atoms with Gasteiger partial charge in [-0.05, 0) is 55.4 Å². The van der Waals surface area contributed by atoms with Crippen LogP contribution in [-0.2, 0) is 20.9 Å². The predicted molar refractivity (Wildman–Crippen MR) is 144 cm³/mol. The van der Waals surface area contributed by atoms with Crippen LogP contribution >= 0.6 is 0 Å². The number of halogens is 1. The summed E-state index contributed by atoms with van der Waals surface area (Å²) in [6.07, 6.45) is 2.69. The van der Waals surface area contributed by atoms with E-state index in [0.717, 1.165) is 38.0 Å². The maximum Gasteiger partial charge on any atom is 0.220 e. The minimum atomic E-state index is -0.919. The molecule has 2 fully saturated rings. The van der Waals surface area contributed by atoms with Crippen molar-refractivity contribution in [3.8, 4) is 5.75 Å². The molecule has 208 valence electrons. The fraction of sp³-hybridized carbons (Fsp3) is 0.567. The first-order valence-corrected chi connectivity index (χ1v) is 13.9. The second kappa shape index (κ2) is 15.2. The summed E-state index contributed by atoms with van der Waals surface area (Å²) in [5.74, 6) is 0.590. The van der Waals surface area contributed by atoms with Crippen LogP contribution in [0.3, 0.4) is 0 Å². The number of ether oxygens (including phenoxy) is 3. The smallest absolute Gasteiger partial charge is 0.220 e. The van der Waals surface area contributed by atoms with Gasteiger partial charge < -0.3 is 24.6 Å². The molecule has 0 bridgehead atoms. The fourth-order valence-corrected chi connectivity index (χ4v) is 4.95. The van der Waals surface area contributed by atoms with Gasteiger partial charge in [0.05, 0.1) is 12.1 Å². The van der Waals surface area contributed by atoms with Crippen LogP contribution in [0.1, 0.15) is 55.8 Å². The molecule has 0 spiro atoms. The molecule has 3 atom stereocenters. The lowest BCUT2D eigenvalue weighted by atomic mass is 10.0. The Morgan fingerprint density at radius 2 is 1.84 bits per heavy atom. The van der Waals surface area contributed by atoms with Crippen molar-refractivity contribution < 1.29 is 28.5 Å². The molecular formula is C30H41FN2O5. The lowest BCUT2D eigenvalue weighted by molar-refractivity contribution is -0.123. The molecule has 1 unspecified atom stereocenters. The number of benzene rings is 2. The summed E-state index contributed by atoms with van der Waals surface area (Å²) in [5.41, 5.74) is 1.76. The standard InChI is InChI=1S/C30H41FN2O5/c31-25-13-16-33(20-25)21-28(32-29(34)8-4-5-17-37-27-14-18-36-19-15-27)30(35)24-9-11-26(12-10-24)38-22-23-6-2-1-3-7-23/h1-3,6-7,9-12,25,27-28,30,35H,4-5,8,13-22H2,(H,32,34)/t25-,28-,30?/m1/s1. The van der Waals surface area contributed by atoms with Gasteiger partial charge in [0.25, 0.3) is 0 Å². The Balaban J connectivity index is 1.27. The normalized spacial score (nSPS) is 20.2. The van der Waals surface area contributed by atoms with Gasteiger partial charge in [-0.2, -0.15) is 0 Å². The Kier molecular flexibility index (Phi) is 11.4. The van der Waals surface area contributed by atoms with Crippen LogP contribution in [0.5, 0.6) is 5.75 Å². The summed E-state index contributed by atoms with van der Waals surface area (Å²) >= 11 is 0. The average molecular weight is 529 g/mol. The van der Waals surface area contributed by atoms with Gasteiger partial charge in [-0.3, -0.25) is 9.69 Å². The van der Waals surface area contributed by atoms with E-state index in [4.69, 9.17) is 14.2 Å². The van der Waals surface area contributed by atoms with Gasteiger partial charge in [0, 0.05) is 45.9 Å². The summed E-state index contributed by atoms with van der Waals surface area (Å²) in [6, 6.07) is 16.7. The Bertz CT molecular complexity index is 955. The highest BCUT2D eigenvalue weighted by Crippen LogP contribution is 2.23. The number of nitrogens with one attached hydrogen (secondary N) is 1. The third-order valence-electron chi connectivity index (χ3n) is 7.19. The van der Waals surface area contributed by atoms with Crippen LogP contribution in [0.15, 0.2) is 54.6 Å². The summed E-state index contributed by atoms with van der Waals surface area (Å²) in [6.45, 7) is 3.94. The number of alkyl halides is 1. The van der Waals surface area contributed by atoms with Crippen molar-refractivity contribution in [2.45, 2.75) is 69.6 Å². The quantitative estimate of drug-likeness (QED) is 0.358. The monoisotopic (exact) mass is 528 g/mol. The van der Waals surface area contributed by atoms with Crippen LogP contribution in [0.4, 0.5) is 4.39 Å². The highest BCUT2D eigenvalue weighted by molar-refractivity contribution is 5.76. The van der Waals surface area contributed by atoms with Gasteiger partial charge in [0.2, 0.25) is 5.91 Å². The first-order valence-electron chi connectivity index (χ1n) is 13.9. The van der Waals surface area contributed by atoms with E-state index in [1.54, 1.807) is 0 Å². The van der Waals surface area contributed by atoms with Gasteiger partial charge in [0.15, 0.2) is 0 Å². The molecule has 0 radical (unpaired) electrons. The molecule has 4 rings (SSSR count). The Hall–Kier alpha value is -2.52. The molecule has 0 aliphatic carbocycles. The molecule has 7 nitrogen and oxygen atoms in total. The molecule has 1 amide bonds. The molecule has 0 saturated carbocycles. The summed E-state index contributed by atoms with van der Waals surface area (Å²) in [7, 11) is 0. The first-order chi connectivity index (χ1) is 18.6. The zero-order valence-electron chi connectivity index (χ0n) is 22.1. The van der Waals surface area contributed by atoms with Gasteiger partial charge in [-0.15, -0.1) is 0 Å². The number of aliphatic hydroxyl groups excluding tert-OH is 1. The van der Waals surface area contributed by atoms with Crippen LogP contribution in [0, 0.1) is 0 Å². The van der Waals surface area contributed by atoms with E-state index in [1.165, 1.54) is 0 Å². The lowest BCUT2D eigenvalue weighted by Gasteiger charge is -2.29. The van der Waals surface area contributed by atoms with Crippen molar-refractivity contribution in [2.24, 2.45) is 0 Å². The van der Waals surface area contributed by atoms with Crippen LogP contribution in [0.2, 0.25) is 0 Å². The van der Waals surface area contributed by atoms with Gasteiger partial charge in [-0.25, -0.2) is 4.39 Å². The number of nitrogens with zero attached hydrogens (tertiary/aromatic N) is 1. The zero-order valence-corrected chi connectivity index (χ0v) is 22.1. The van der Waals surface area contributed by atoms with Crippen molar-refractivity contribution >= 4 is 5.91 Å². The van der Waals surface area contributed by atoms with Crippen molar-refractivity contribution in [2.75, 3.05) is 39.5 Å². The van der Waals surface area contributed by atoms with E-state index in [9.17, 15) is 14.3 Å². The lowest BCUT2D eigenvalue weighted by Crippen LogP contribution is -2.46. The molecule has 8 heteroatoms. The molecule has 0 aromatic heterocycles. The predicted octanol–water partition coefficient (Wildman–Crippen LogP) is 4.19. The number of hydrogen-bond donors (Lipinski definition) is 2. The summed E-state index contributed by atoms with van der Waals surface area (Å²) in [4.78, 5) is 14.7. The van der Waals surface area contributed by atoms with E-state index < -0.39 is 18.3 Å². The molecule has 2 aliphatic heterocycles. The van der Waals surface area contributed by atoms with Crippen LogP contribution < -0.4 is 10.1 Å². The van der Waals surface area contributed by atoms with E-state index in [1.807, 2.05) is 59.5 Å². The molecule has 2 heterocycles. The minimum Gasteiger partial charge on any atom is -0.489 e. The second-order valence-corrected chi connectivity index (χ2v) is 10.2. The molecular weight excluding hydrogens is 487 g/mol. The molecule has 2 N–H and O–H groups in total. The van der Waals surface area contributed by atoms with E-state index >= 15 is 0 Å². The number of hydrogen-bond acceptors (Lipinski definition) is 6. The SMILES string of the molecule is O=C(CCCCOC1CCOCC1)N[C@H](CN1CC[C@@H](F)C1)C(O)c1ccc(OCc2ccccc2)cc1. The number of amides is 1. The number of carbonyl (C=O) groups excluding carboxylic acids is 1. The summed E-state index contributed by atoms with van der Waals surface area (Å²) < 4.78 is 30.9. The van der Waals surface area contributed by atoms with Crippen molar-refractivity contribution in [1.82, 2.24) is 10.2 Å². The zero-order chi connectivity index (χ0) is 26.6. The average Bonchev–Trinajstić information content (AvgIpc) is 3.36. The Morgan fingerprint density at radius 1 is 1.08 bits per heavy atom. The number of rotatable bonds is 14.